The summed E-state index contributed by atoms with van der Waals surface area (Å²) in [5.41, 5.74) is -1.50. The van der Waals surface area contributed by atoms with E-state index in [2.05, 4.69) is 0 Å². The summed E-state index contributed by atoms with van der Waals surface area (Å²) >= 11 is 0. The monoisotopic (exact) mass is 176 g/mol. The van der Waals surface area contributed by atoms with Gasteiger partial charge in [0, 0.05) is 0 Å². The van der Waals surface area contributed by atoms with Crippen LogP contribution in [0, 0.1) is 0 Å². The minimum absolute atomic E-state index is 0. The van der Waals surface area contributed by atoms with Gasteiger partial charge in [-0.25, -0.2) is 0 Å². The molecule has 0 aliphatic carbocycles. The van der Waals surface area contributed by atoms with E-state index in [1.165, 1.54) is 0 Å². The number of hydrogen-bond acceptors (Lipinski definition) is 2. The van der Waals surface area contributed by atoms with Crippen molar-refractivity contribution in [1.29, 1.82) is 0 Å². The molecule has 0 fully saturated rings. The fourth-order valence-corrected chi connectivity index (χ4v) is 0. The fourth-order valence-electron chi connectivity index (χ4n) is 0. The summed E-state index contributed by atoms with van der Waals surface area (Å²) in [6.07, 6.45) is 0. The molecule has 0 bridgehead atoms. The molecule has 64 valence electrons. The van der Waals surface area contributed by atoms with E-state index >= 15 is 0 Å². The third kappa shape index (κ3) is 553. The third-order valence-corrected chi connectivity index (χ3v) is 0. The summed E-state index contributed by atoms with van der Waals surface area (Å²) in [5, 5.41) is 20.2. The van der Waals surface area contributed by atoms with E-state index in [4.69, 9.17) is 0 Å². The van der Waals surface area contributed by atoms with Crippen LogP contribution in [0.2, 0.25) is 0 Å². The van der Waals surface area contributed by atoms with Crippen molar-refractivity contribution in [2.75, 3.05) is 0 Å². The largest absolute Gasteiger partial charge is 1.00 e. The molecule has 0 unspecified atom stereocenters. The Morgan fingerprint density at radius 3 is 0.667 bits per heavy atom. The molecular weight excluding hydrogens is 158 g/mol. The topological polar surface area (TPSA) is 46.1 Å². The van der Waals surface area contributed by atoms with Gasteiger partial charge in [0.2, 0.25) is 0 Å². The molecular formula is C8H18LiNaO2. The van der Waals surface area contributed by atoms with Gasteiger partial charge >= 0.3 is 48.4 Å². The Bertz CT molecular complexity index is 60.0. The van der Waals surface area contributed by atoms with Gasteiger partial charge in [-0.1, -0.05) is 41.5 Å². The Balaban J connectivity index is -0.0000000457. The summed E-state index contributed by atoms with van der Waals surface area (Å²) in [7, 11) is 0. The molecule has 0 N–H and O–H groups in total. The summed E-state index contributed by atoms with van der Waals surface area (Å²) in [6.45, 7) is 9.79. The number of rotatable bonds is 0. The Labute approximate surface area is 111 Å². The Hall–Kier alpha value is 1.52. The molecule has 0 saturated carbocycles. The van der Waals surface area contributed by atoms with Crippen molar-refractivity contribution in [2.45, 2.75) is 52.7 Å². The standard InChI is InChI=1S/2C4H9O.Li.Na/c2*1-4(2,3)5;;/h2*1-3H3;;/q2*-1;2*+1. The van der Waals surface area contributed by atoms with Crippen LogP contribution in [-0.4, -0.2) is 11.2 Å². The second kappa shape index (κ2) is 9.09. The molecule has 0 aliphatic rings. The van der Waals surface area contributed by atoms with Crippen LogP contribution in [0.5, 0.6) is 0 Å². The third-order valence-electron chi connectivity index (χ3n) is 0. The maximum absolute atomic E-state index is 10.1. The molecule has 2 nitrogen and oxygen atoms in total. The predicted octanol–water partition coefficient (Wildman–Crippen LogP) is -5.70. The van der Waals surface area contributed by atoms with Gasteiger partial charge in [0.15, 0.2) is 0 Å². The van der Waals surface area contributed by atoms with Crippen molar-refractivity contribution in [3.63, 3.8) is 0 Å². The Kier molecular flexibility index (Phi) is 17.7. The van der Waals surface area contributed by atoms with Crippen LogP contribution in [0.4, 0.5) is 0 Å². The van der Waals surface area contributed by atoms with Gasteiger partial charge in [0.25, 0.3) is 0 Å². The molecule has 0 aliphatic heterocycles. The summed E-state index contributed by atoms with van der Waals surface area (Å²) in [6, 6.07) is 0. The van der Waals surface area contributed by atoms with Crippen molar-refractivity contribution in [3.05, 3.63) is 0 Å². The van der Waals surface area contributed by atoms with E-state index in [0.29, 0.717) is 0 Å². The van der Waals surface area contributed by atoms with Crippen LogP contribution in [-0.2, 0) is 0 Å². The normalized spacial score (nSPS) is 10.0. The van der Waals surface area contributed by atoms with E-state index in [-0.39, 0.29) is 48.4 Å². The molecule has 0 heterocycles. The predicted molar refractivity (Wildman–Crippen MR) is 39.5 cm³/mol. The quantitative estimate of drug-likeness (QED) is 0.345. The molecule has 0 amide bonds. The SMILES string of the molecule is CC(C)(C)[O-].CC(C)(C)[O-].[Li+].[Na+]. The van der Waals surface area contributed by atoms with E-state index in [1.54, 1.807) is 41.5 Å². The zero-order valence-electron chi connectivity index (χ0n) is 9.82. The van der Waals surface area contributed by atoms with Crippen molar-refractivity contribution >= 4 is 0 Å². The number of hydrogen-bond donors (Lipinski definition) is 0. The van der Waals surface area contributed by atoms with E-state index in [0.717, 1.165) is 0 Å². The van der Waals surface area contributed by atoms with Gasteiger partial charge in [-0.15, -0.1) is 11.2 Å². The van der Waals surface area contributed by atoms with Crippen molar-refractivity contribution in [3.8, 4) is 0 Å². The van der Waals surface area contributed by atoms with Gasteiger partial charge in [-0.2, -0.15) is 0 Å². The van der Waals surface area contributed by atoms with Gasteiger partial charge in [-0.05, 0) is 0 Å². The van der Waals surface area contributed by atoms with Crippen LogP contribution >= 0.6 is 0 Å². The van der Waals surface area contributed by atoms with Crippen LogP contribution in [0.15, 0.2) is 0 Å². The van der Waals surface area contributed by atoms with Crippen LogP contribution in [0.25, 0.3) is 0 Å². The van der Waals surface area contributed by atoms with E-state index in [9.17, 15) is 10.2 Å². The van der Waals surface area contributed by atoms with E-state index < -0.39 is 11.2 Å². The maximum atomic E-state index is 10.1. The van der Waals surface area contributed by atoms with Gasteiger partial charge in [0.1, 0.15) is 0 Å². The molecule has 0 aromatic heterocycles. The summed E-state index contributed by atoms with van der Waals surface area (Å²) < 4.78 is 0. The maximum Gasteiger partial charge on any atom is 1.00 e. The van der Waals surface area contributed by atoms with Crippen molar-refractivity contribution in [1.82, 2.24) is 0 Å². The molecule has 0 radical (unpaired) electrons. The first-order valence-electron chi connectivity index (χ1n) is 3.41. The van der Waals surface area contributed by atoms with Gasteiger partial charge in [-0.3, -0.25) is 0 Å². The zero-order valence-corrected chi connectivity index (χ0v) is 11.8. The minimum Gasteiger partial charge on any atom is -0.850 e. The molecule has 4 heteroatoms. The first kappa shape index (κ1) is 23.4. The van der Waals surface area contributed by atoms with Gasteiger partial charge < -0.3 is 10.2 Å². The minimum atomic E-state index is -0.750. The summed E-state index contributed by atoms with van der Waals surface area (Å²) in [5.74, 6) is 0. The Morgan fingerprint density at radius 2 is 0.667 bits per heavy atom. The molecule has 0 aromatic carbocycles. The summed E-state index contributed by atoms with van der Waals surface area (Å²) in [4.78, 5) is 0. The Morgan fingerprint density at radius 1 is 0.667 bits per heavy atom. The first-order chi connectivity index (χ1) is 4.00. The van der Waals surface area contributed by atoms with Crippen LogP contribution in [0.3, 0.4) is 0 Å². The molecule has 0 rings (SSSR count). The van der Waals surface area contributed by atoms with Crippen molar-refractivity contribution < 1.29 is 58.6 Å². The molecule has 0 saturated heterocycles. The van der Waals surface area contributed by atoms with Crippen molar-refractivity contribution in [2.24, 2.45) is 0 Å². The smallest absolute Gasteiger partial charge is 0.850 e. The van der Waals surface area contributed by atoms with E-state index in [1.807, 2.05) is 0 Å². The molecule has 0 aromatic rings. The second-order valence-corrected chi connectivity index (χ2v) is 4.22. The van der Waals surface area contributed by atoms with Crippen LogP contribution < -0.4 is 58.6 Å². The average molecular weight is 176 g/mol. The second-order valence-electron chi connectivity index (χ2n) is 4.22. The first-order valence-corrected chi connectivity index (χ1v) is 3.41. The molecule has 0 spiro atoms. The zero-order chi connectivity index (χ0) is 9.00. The van der Waals surface area contributed by atoms with Crippen LogP contribution in [0.1, 0.15) is 41.5 Å². The fraction of sp³-hybridized carbons (Fsp3) is 1.00. The van der Waals surface area contributed by atoms with Gasteiger partial charge in [0.05, 0.1) is 0 Å². The molecule has 0 atom stereocenters. The molecule has 12 heavy (non-hydrogen) atoms. The average Bonchev–Trinajstić information content (AvgIpc) is 1.12.